The second-order valence-corrected chi connectivity index (χ2v) is 6.51. The SMILES string of the molecule is COc1cccc(N2C(=O)C(O)=C(C(=O)C(C)C)C2c2ccc(C)o2)c1. The van der Waals surface area contributed by atoms with Gasteiger partial charge in [0.05, 0.1) is 12.7 Å². The molecule has 1 aliphatic rings. The largest absolute Gasteiger partial charge is 0.503 e. The Morgan fingerprint density at radius 3 is 2.58 bits per heavy atom. The molecule has 6 nitrogen and oxygen atoms in total. The van der Waals surface area contributed by atoms with E-state index < -0.39 is 17.7 Å². The van der Waals surface area contributed by atoms with E-state index in [2.05, 4.69) is 0 Å². The lowest BCUT2D eigenvalue weighted by Gasteiger charge is -2.25. The molecule has 1 N–H and O–H groups in total. The minimum Gasteiger partial charge on any atom is -0.503 e. The van der Waals surface area contributed by atoms with Crippen LogP contribution in [0.3, 0.4) is 0 Å². The van der Waals surface area contributed by atoms with Crippen molar-refractivity contribution in [1.82, 2.24) is 0 Å². The van der Waals surface area contributed by atoms with Gasteiger partial charge in [0.25, 0.3) is 5.91 Å². The first-order valence-electron chi connectivity index (χ1n) is 8.36. The van der Waals surface area contributed by atoms with E-state index in [-0.39, 0.29) is 17.3 Å². The number of ketones is 1. The molecule has 1 atom stereocenters. The Labute approximate surface area is 151 Å². The van der Waals surface area contributed by atoms with Gasteiger partial charge in [-0.15, -0.1) is 0 Å². The highest BCUT2D eigenvalue weighted by atomic mass is 16.5. The third-order valence-corrected chi connectivity index (χ3v) is 4.36. The summed E-state index contributed by atoms with van der Waals surface area (Å²) in [7, 11) is 1.53. The van der Waals surface area contributed by atoms with Gasteiger partial charge < -0.3 is 14.3 Å². The summed E-state index contributed by atoms with van der Waals surface area (Å²) in [6, 6.07) is 9.55. The number of benzene rings is 1. The van der Waals surface area contributed by atoms with Crippen LogP contribution in [0.5, 0.6) is 5.75 Å². The molecule has 6 heteroatoms. The van der Waals surface area contributed by atoms with Crippen LogP contribution in [0, 0.1) is 12.8 Å². The van der Waals surface area contributed by atoms with Crippen LogP contribution < -0.4 is 9.64 Å². The standard InChI is InChI=1S/C20H21NO5/c1-11(2)18(22)16-17(15-9-8-12(3)26-15)21(20(24)19(16)23)13-6-5-7-14(10-13)25-4/h5-11,17,23H,1-4H3. The van der Waals surface area contributed by atoms with Gasteiger partial charge in [-0.3, -0.25) is 14.5 Å². The number of amides is 1. The number of Topliss-reactive ketones (excluding diaryl/α,β-unsaturated/α-hetero) is 1. The van der Waals surface area contributed by atoms with E-state index in [4.69, 9.17) is 9.15 Å². The number of hydrogen-bond donors (Lipinski definition) is 1. The van der Waals surface area contributed by atoms with Crippen molar-refractivity contribution < 1.29 is 23.8 Å². The molecule has 1 aromatic carbocycles. The minimum atomic E-state index is -0.821. The summed E-state index contributed by atoms with van der Waals surface area (Å²) < 4.78 is 10.9. The summed E-state index contributed by atoms with van der Waals surface area (Å²) in [4.78, 5) is 26.9. The van der Waals surface area contributed by atoms with Gasteiger partial charge in [0.15, 0.2) is 11.5 Å². The Hall–Kier alpha value is -3.02. The Morgan fingerprint density at radius 1 is 1.27 bits per heavy atom. The van der Waals surface area contributed by atoms with Gasteiger partial charge >= 0.3 is 0 Å². The molecule has 0 fully saturated rings. The van der Waals surface area contributed by atoms with Gasteiger partial charge in [-0.25, -0.2) is 0 Å². The van der Waals surface area contributed by atoms with Gasteiger partial charge in [-0.05, 0) is 31.2 Å². The first kappa shape index (κ1) is 17.8. The minimum absolute atomic E-state index is 0.0576. The quantitative estimate of drug-likeness (QED) is 0.884. The van der Waals surface area contributed by atoms with Gasteiger partial charge in [0.2, 0.25) is 0 Å². The van der Waals surface area contributed by atoms with E-state index in [0.29, 0.717) is 23.0 Å². The fraction of sp³-hybridized carbons (Fsp3) is 0.300. The van der Waals surface area contributed by atoms with Gasteiger partial charge in [-0.2, -0.15) is 0 Å². The molecular formula is C20H21NO5. The Kier molecular flexibility index (Phi) is 4.59. The average molecular weight is 355 g/mol. The van der Waals surface area contributed by atoms with Crippen molar-refractivity contribution >= 4 is 17.4 Å². The van der Waals surface area contributed by atoms with E-state index in [0.717, 1.165) is 0 Å². The molecule has 2 heterocycles. The Bertz CT molecular complexity index is 893. The second-order valence-electron chi connectivity index (χ2n) is 6.51. The van der Waals surface area contributed by atoms with Crippen LogP contribution in [0.2, 0.25) is 0 Å². The molecule has 1 unspecified atom stereocenters. The maximum absolute atomic E-state index is 12.8. The number of rotatable bonds is 5. The molecule has 26 heavy (non-hydrogen) atoms. The fourth-order valence-electron chi connectivity index (χ4n) is 3.06. The number of aryl methyl sites for hydroxylation is 1. The summed E-state index contributed by atoms with van der Waals surface area (Å²) in [6.07, 6.45) is 0. The molecule has 0 aliphatic carbocycles. The number of furan rings is 1. The molecule has 0 bridgehead atoms. The first-order chi connectivity index (χ1) is 12.3. The normalized spacial score (nSPS) is 17.3. The number of aliphatic hydroxyl groups is 1. The van der Waals surface area contributed by atoms with Gasteiger partial charge in [0.1, 0.15) is 23.3 Å². The molecule has 3 rings (SSSR count). The number of carbonyl (C=O) groups is 2. The maximum Gasteiger partial charge on any atom is 0.294 e. The van der Waals surface area contributed by atoms with E-state index in [1.165, 1.54) is 12.0 Å². The molecule has 1 aliphatic heterocycles. The molecule has 1 aromatic heterocycles. The average Bonchev–Trinajstić information content (AvgIpc) is 3.16. The van der Waals surface area contributed by atoms with Crippen LogP contribution in [0.25, 0.3) is 0 Å². The van der Waals surface area contributed by atoms with E-state index >= 15 is 0 Å². The third-order valence-electron chi connectivity index (χ3n) is 4.36. The predicted molar refractivity (Wildman–Crippen MR) is 96.2 cm³/mol. The lowest BCUT2D eigenvalue weighted by atomic mass is 9.94. The summed E-state index contributed by atoms with van der Waals surface area (Å²) in [5, 5.41) is 10.5. The first-order valence-corrected chi connectivity index (χ1v) is 8.36. The highest BCUT2D eigenvalue weighted by Crippen LogP contribution is 2.42. The van der Waals surface area contributed by atoms with Crippen molar-refractivity contribution in [3.05, 3.63) is 59.3 Å². The van der Waals surface area contributed by atoms with Crippen molar-refractivity contribution in [3.63, 3.8) is 0 Å². The molecule has 0 saturated heterocycles. The van der Waals surface area contributed by atoms with Crippen LogP contribution in [0.15, 0.2) is 52.1 Å². The van der Waals surface area contributed by atoms with Crippen molar-refractivity contribution in [1.29, 1.82) is 0 Å². The van der Waals surface area contributed by atoms with Crippen LogP contribution in [0.1, 0.15) is 31.4 Å². The van der Waals surface area contributed by atoms with Crippen molar-refractivity contribution in [2.75, 3.05) is 12.0 Å². The zero-order valence-electron chi connectivity index (χ0n) is 15.1. The summed E-state index contributed by atoms with van der Waals surface area (Å²) in [5.74, 6) is -0.198. The van der Waals surface area contributed by atoms with Crippen molar-refractivity contribution in [2.24, 2.45) is 5.92 Å². The van der Waals surface area contributed by atoms with Crippen LogP contribution >= 0.6 is 0 Å². The third kappa shape index (κ3) is 2.87. The number of hydrogen-bond acceptors (Lipinski definition) is 5. The molecule has 0 saturated carbocycles. The molecule has 136 valence electrons. The number of nitrogens with zero attached hydrogens (tertiary/aromatic N) is 1. The number of methoxy groups -OCH3 is 1. The van der Waals surface area contributed by atoms with Crippen molar-refractivity contribution in [3.8, 4) is 5.75 Å². The lowest BCUT2D eigenvalue weighted by molar-refractivity contribution is -0.119. The zero-order valence-corrected chi connectivity index (χ0v) is 15.1. The number of carbonyl (C=O) groups excluding carboxylic acids is 2. The number of aliphatic hydroxyl groups excluding tert-OH is 1. The number of anilines is 1. The highest BCUT2D eigenvalue weighted by molar-refractivity contribution is 6.16. The lowest BCUT2D eigenvalue weighted by Crippen LogP contribution is -2.31. The van der Waals surface area contributed by atoms with Gasteiger partial charge in [0, 0.05) is 17.7 Å². The summed E-state index contributed by atoms with van der Waals surface area (Å²) in [5.41, 5.74) is 0.564. The molecule has 2 aromatic rings. The predicted octanol–water partition coefficient (Wildman–Crippen LogP) is 3.72. The fourth-order valence-corrected chi connectivity index (χ4v) is 3.06. The molecule has 0 spiro atoms. The topological polar surface area (TPSA) is 80.0 Å². The Morgan fingerprint density at radius 2 is 2.00 bits per heavy atom. The second kappa shape index (κ2) is 6.71. The van der Waals surface area contributed by atoms with Crippen LogP contribution in [0.4, 0.5) is 5.69 Å². The molecule has 0 radical (unpaired) electrons. The zero-order chi connectivity index (χ0) is 19.0. The van der Waals surface area contributed by atoms with E-state index in [9.17, 15) is 14.7 Å². The number of ether oxygens (including phenoxy) is 1. The van der Waals surface area contributed by atoms with Crippen LogP contribution in [-0.4, -0.2) is 23.9 Å². The molecule has 1 amide bonds. The monoisotopic (exact) mass is 355 g/mol. The van der Waals surface area contributed by atoms with E-state index in [1.807, 2.05) is 0 Å². The highest BCUT2D eigenvalue weighted by Gasteiger charge is 2.46. The Balaban J connectivity index is 2.17. The summed E-state index contributed by atoms with van der Waals surface area (Å²) in [6.45, 7) is 5.24. The smallest absolute Gasteiger partial charge is 0.294 e. The van der Waals surface area contributed by atoms with Crippen molar-refractivity contribution in [2.45, 2.75) is 26.8 Å². The van der Waals surface area contributed by atoms with Crippen LogP contribution in [-0.2, 0) is 9.59 Å². The summed E-state index contributed by atoms with van der Waals surface area (Å²) >= 11 is 0. The molecular weight excluding hydrogens is 334 g/mol. The van der Waals surface area contributed by atoms with E-state index in [1.54, 1.807) is 57.2 Å². The van der Waals surface area contributed by atoms with Gasteiger partial charge in [-0.1, -0.05) is 19.9 Å². The maximum atomic E-state index is 12.8.